The number of benzene rings is 2. The van der Waals surface area contributed by atoms with E-state index in [1.165, 1.54) is 12.7 Å². The molecule has 7 heteroatoms. The average molecular weight is 400 g/mol. The third-order valence-corrected chi connectivity index (χ3v) is 6.25. The first kappa shape index (κ1) is 17.1. The molecule has 0 bridgehead atoms. The SMILES string of the molecule is COC(=O)c1cc2c3c(ccc2[nH]1)N(C(=O)c1cc2c4c(ccc2[nH]1)NCC4)CC3. The highest BCUT2D eigenvalue weighted by molar-refractivity contribution is 6.11. The van der Waals surface area contributed by atoms with E-state index in [0.717, 1.165) is 58.1 Å². The van der Waals surface area contributed by atoms with Gasteiger partial charge in [-0.15, -0.1) is 0 Å². The maximum atomic E-state index is 13.4. The van der Waals surface area contributed by atoms with Gasteiger partial charge in [-0.1, -0.05) is 0 Å². The first-order valence-corrected chi connectivity index (χ1v) is 10.1. The highest BCUT2D eigenvalue weighted by atomic mass is 16.5. The maximum absolute atomic E-state index is 13.4. The zero-order valence-corrected chi connectivity index (χ0v) is 16.5. The lowest BCUT2D eigenvalue weighted by molar-refractivity contribution is 0.0595. The molecule has 150 valence electrons. The maximum Gasteiger partial charge on any atom is 0.354 e. The topological polar surface area (TPSA) is 90.2 Å². The minimum absolute atomic E-state index is 0.0345. The second-order valence-corrected chi connectivity index (χ2v) is 7.82. The summed E-state index contributed by atoms with van der Waals surface area (Å²) in [7, 11) is 1.37. The van der Waals surface area contributed by atoms with Gasteiger partial charge in [-0.05, 0) is 60.4 Å². The normalized spacial score (nSPS) is 14.8. The van der Waals surface area contributed by atoms with Crippen LogP contribution < -0.4 is 10.2 Å². The molecule has 2 aliphatic rings. The van der Waals surface area contributed by atoms with Crippen molar-refractivity contribution in [3.8, 4) is 0 Å². The second kappa shape index (κ2) is 6.13. The lowest BCUT2D eigenvalue weighted by atomic mass is 10.1. The molecule has 0 radical (unpaired) electrons. The van der Waals surface area contributed by atoms with Crippen LogP contribution in [0.1, 0.15) is 32.1 Å². The van der Waals surface area contributed by atoms with Gasteiger partial charge in [-0.2, -0.15) is 0 Å². The number of fused-ring (bicyclic) bond motifs is 6. The molecule has 3 N–H and O–H groups in total. The second-order valence-electron chi connectivity index (χ2n) is 7.82. The van der Waals surface area contributed by atoms with Crippen molar-refractivity contribution in [2.24, 2.45) is 0 Å². The lowest BCUT2D eigenvalue weighted by Crippen LogP contribution is -2.29. The molecule has 7 nitrogen and oxygen atoms in total. The number of nitrogens with one attached hydrogen (secondary N) is 3. The van der Waals surface area contributed by atoms with Crippen LogP contribution in [0.4, 0.5) is 11.4 Å². The van der Waals surface area contributed by atoms with E-state index in [2.05, 4.69) is 21.4 Å². The molecular formula is C23H20N4O3. The first-order valence-electron chi connectivity index (χ1n) is 10.1. The molecule has 0 saturated heterocycles. The summed E-state index contributed by atoms with van der Waals surface area (Å²) in [5, 5.41) is 5.46. The van der Waals surface area contributed by atoms with E-state index < -0.39 is 5.97 Å². The standard InChI is InChI=1S/C23H20N4O3/c1-30-23(29)20-11-15-13-7-9-27(21(13)5-4-18(15)26-20)22(28)19-10-14-12-6-8-24-16(12)2-3-17(14)25-19/h2-5,10-11,24-26H,6-9H2,1H3. The summed E-state index contributed by atoms with van der Waals surface area (Å²) >= 11 is 0. The molecule has 0 spiro atoms. The van der Waals surface area contributed by atoms with E-state index in [-0.39, 0.29) is 5.91 Å². The Morgan fingerprint density at radius 1 is 0.933 bits per heavy atom. The van der Waals surface area contributed by atoms with E-state index in [1.807, 2.05) is 35.2 Å². The Hall–Kier alpha value is -3.74. The van der Waals surface area contributed by atoms with Crippen LogP contribution in [0, 0.1) is 0 Å². The third-order valence-electron chi connectivity index (χ3n) is 6.25. The smallest absolute Gasteiger partial charge is 0.354 e. The number of amides is 1. The van der Waals surface area contributed by atoms with Crippen LogP contribution in [0.2, 0.25) is 0 Å². The number of anilines is 2. The number of rotatable bonds is 2. The van der Waals surface area contributed by atoms with Crippen molar-refractivity contribution in [1.29, 1.82) is 0 Å². The lowest BCUT2D eigenvalue weighted by Gasteiger charge is -2.16. The first-order chi connectivity index (χ1) is 14.6. The predicted molar refractivity (Wildman–Crippen MR) is 116 cm³/mol. The van der Waals surface area contributed by atoms with Crippen molar-refractivity contribution in [2.45, 2.75) is 12.8 Å². The summed E-state index contributed by atoms with van der Waals surface area (Å²) in [6, 6.07) is 11.8. The molecule has 0 aliphatic carbocycles. The molecule has 2 aliphatic heterocycles. The van der Waals surface area contributed by atoms with Crippen LogP contribution in [0.15, 0.2) is 36.4 Å². The van der Waals surface area contributed by atoms with Gasteiger partial charge in [0.25, 0.3) is 5.91 Å². The molecule has 6 rings (SSSR count). The quantitative estimate of drug-likeness (QED) is 0.449. The van der Waals surface area contributed by atoms with Crippen molar-refractivity contribution >= 4 is 45.1 Å². The van der Waals surface area contributed by atoms with E-state index in [9.17, 15) is 9.59 Å². The summed E-state index contributed by atoms with van der Waals surface area (Å²) in [5.41, 5.74) is 7.28. The van der Waals surface area contributed by atoms with Crippen LogP contribution >= 0.6 is 0 Å². The number of aromatic nitrogens is 2. The summed E-state index contributed by atoms with van der Waals surface area (Å²) in [5.74, 6) is -0.432. The van der Waals surface area contributed by atoms with Gasteiger partial charge < -0.3 is 24.9 Å². The number of H-pyrrole nitrogens is 2. The summed E-state index contributed by atoms with van der Waals surface area (Å²) in [6.07, 6.45) is 1.72. The number of nitrogens with zero attached hydrogens (tertiary/aromatic N) is 1. The Labute approximate surface area is 172 Å². The molecule has 4 heterocycles. The predicted octanol–water partition coefficient (Wildman–Crippen LogP) is 3.61. The van der Waals surface area contributed by atoms with Gasteiger partial charge in [0.1, 0.15) is 11.4 Å². The number of hydrogen-bond donors (Lipinski definition) is 3. The Balaban J connectivity index is 1.40. The average Bonchev–Trinajstić information content (AvgIpc) is 3.54. The molecular weight excluding hydrogens is 380 g/mol. The highest BCUT2D eigenvalue weighted by Crippen LogP contribution is 2.36. The van der Waals surface area contributed by atoms with E-state index >= 15 is 0 Å². The van der Waals surface area contributed by atoms with Crippen molar-refractivity contribution in [3.63, 3.8) is 0 Å². The molecule has 2 aromatic carbocycles. The molecule has 0 unspecified atom stereocenters. The largest absolute Gasteiger partial charge is 0.464 e. The Morgan fingerprint density at radius 2 is 1.67 bits per heavy atom. The molecule has 0 fully saturated rings. The monoisotopic (exact) mass is 400 g/mol. The Morgan fingerprint density at radius 3 is 2.50 bits per heavy atom. The van der Waals surface area contributed by atoms with Crippen molar-refractivity contribution in [2.75, 3.05) is 30.4 Å². The van der Waals surface area contributed by atoms with Gasteiger partial charge in [0.05, 0.1) is 7.11 Å². The van der Waals surface area contributed by atoms with Gasteiger partial charge in [0.15, 0.2) is 0 Å². The van der Waals surface area contributed by atoms with Crippen LogP contribution in [-0.4, -0.2) is 42.0 Å². The third kappa shape index (κ3) is 2.32. The summed E-state index contributed by atoms with van der Waals surface area (Å²) in [6.45, 7) is 1.55. The summed E-state index contributed by atoms with van der Waals surface area (Å²) in [4.78, 5) is 33.5. The molecule has 0 saturated carbocycles. The van der Waals surface area contributed by atoms with Crippen LogP contribution in [0.25, 0.3) is 21.8 Å². The molecule has 4 aromatic rings. The van der Waals surface area contributed by atoms with E-state index in [0.29, 0.717) is 17.9 Å². The number of carbonyl (C=O) groups is 2. The highest BCUT2D eigenvalue weighted by Gasteiger charge is 2.29. The zero-order chi connectivity index (χ0) is 20.4. The van der Waals surface area contributed by atoms with Crippen LogP contribution in [-0.2, 0) is 17.6 Å². The van der Waals surface area contributed by atoms with Crippen LogP contribution in [0.5, 0.6) is 0 Å². The molecule has 30 heavy (non-hydrogen) atoms. The van der Waals surface area contributed by atoms with Crippen LogP contribution in [0.3, 0.4) is 0 Å². The molecule has 2 aromatic heterocycles. The number of esters is 1. The van der Waals surface area contributed by atoms with Gasteiger partial charge in [-0.3, -0.25) is 4.79 Å². The van der Waals surface area contributed by atoms with Crippen molar-refractivity contribution in [3.05, 3.63) is 58.9 Å². The Bertz CT molecular complexity index is 1360. The number of ether oxygens (including phenoxy) is 1. The minimum atomic E-state index is -0.397. The van der Waals surface area contributed by atoms with Gasteiger partial charge in [0.2, 0.25) is 0 Å². The number of aromatic amines is 2. The van der Waals surface area contributed by atoms with Gasteiger partial charge >= 0.3 is 5.97 Å². The number of carbonyl (C=O) groups excluding carboxylic acids is 2. The Kier molecular flexibility index (Phi) is 3.50. The molecule has 0 atom stereocenters. The fourth-order valence-electron chi connectivity index (χ4n) is 4.82. The number of methoxy groups -OCH3 is 1. The zero-order valence-electron chi connectivity index (χ0n) is 16.5. The van der Waals surface area contributed by atoms with E-state index in [1.54, 1.807) is 0 Å². The van der Waals surface area contributed by atoms with E-state index in [4.69, 9.17) is 4.74 Å². The number of hydrogen-bond acceptors (Lipinski definition) is 4. The van der Waals surface area contributed by atoms with Gasteiger partial charge in [0, 0.05) is 46.3 Å². The van der Waals surface area contributed by atoms with Gasteiger partial charge in [-0.25, -0.2) is 4.79 Å². The summed E-state index contributed by atoms with van der Waals surface area (Å²) < 4.78 is 4.82. The fourth-order valence-corrected chi connectivity index (χ4v) is 4.82. The minimum Gasteiger partial charge on any atom is -0.464 e. The van der Waals surface area contributed by atoms with Crippen molar-refractivity contribution in [1.82, 2.24) is 9.97 Å². The fraction of sp³-hybridized carbons (Fsp3) is 0.217. The van der Waals surface area contributed by atoms with Crippen molar-refractivity contribution < 1.29 is 14.3 Å². The molecule has 1 amide bonds.